The molecular weight excluding hydrogens is 432 g/mol. The van der Waals surface area contributed by atoms with Gasteiger partial charge in [0, 0.05) is 43.5 Å². The van der Waals surface area contributed by atoms with Crippen molar-refractivity contribution in [1.82, 2.24) is 4.90 Å². The Hall–Kier alpha value is -3.05. The molecule has 5 heteroatoms. The highest BCUT2D eigenvalue weighted by molar-refractivity contribution is 5.83. The fourth-order valence-corrected chi connectivity index (χ4v) is 4.88. The van der Waals surface area contributed by atoms with Crippen LogP contribution in [-0.2, 0) is 11.3 Å². The average Bonchev–Trinajstić information content (AvgIpc) is 2.83. The van der Waals surface area contributed by atoms with Gasteiger partial charge in [0.2, 0.25) is 0 Å². The van der Waals surface area contributed by atoms with Crippen LogP contribution in [0.15, 0.2) is 66.7 Å². The predicted octanol–water partition coefficient (Wildman–Crippen LogP) is 6.32. The minimum atomic E-state index is -0.324. The van der Waals surface area contributed by atoms with Gasteiger partial charge in [0.25, 0.3) is 0 Å². The second-order valence-corrected chi connectivity index (χ2v) is 9.36. The minimum Gasteiger partial charge on any atom is -0.496 e. The molecule has 0 spiro atoms. The predicted molar refractivity (Wildman–Crippen MR) is 130 cm³/mol. The smallest absolute Gasteiger partial charge is 0.139 e. The van der Waals surface area contributed by atoms with E-state index in [0.717, 1.165) is 22.4 Å². The lowest BCUT2D eigenvalue weighted by Crippen LogP contribution is -2.43. The molecule has 3 aromatic rings. The lowest BCUT2D eigenvalue weighted by atomic mass is 9.76. The zero-order chi connectivity index (χ0) is 24.2. The van der Waals surface area contributed by atoms with E-state index < -0.39 is 0 Å². The van der Waals surface area contributed by atoms with Gasteiger partial charge in [-0.2, -0.15) is 0 Å². The monoisotopic (exact) mass is 463 g/mol. The normalized spacial score (nSPS) is 16.9. The van der Waals surface area contributed by atoms with E-state index in [1.165, 1.54) is 29.8 Å². The van der Waals surface area contributed by atoms with Crippen LogP contribution in [0.5, 0.6) is 5.75 Å². The molecule has 0 aliphatic carbocycles. The number of hydrogen-bond acceptors (Lipinski definition) is 3. The highest BCUT2D eigenvalue weighted by Crippen LogP contribution is 2.37. The van der Waals surface area contributed by atoms with Gasteiger partial charge in [0.05, 0.1) is 7.11 Å². The summed E-state index contributed by atoms with van der Waals surface area (Å²) in [5, 5.41) is 0. The van der Waals surface area contributed by atoms with E-state index in [9.17, 15) is 13.6 Å². The number of piperidine rings is 1. The molecule has 1 atom stereocenters. The van der Waals surface area contributed by atoms with Gasteiger partial charge in [0.1, 0.15) is 23.2 Å². The van der Waals surface area contributed by atoms with E-state index in [0.29, 0.717) is 32.0 Å². The van der Waals surface area contributed by atoms with Crippen molar-refractivity contribution in [3.05, 3.63) is 101 Å². The Kier molecular flexibility index (Phi) is 7.42. The Balaban J connectivity index is 1.65. The first-order valence-electron chi connectivity index (χ1n) is 11.8. The van der Waals surface area contributed by atoms with Crippen molar-refractivity contribution in [3.8, 4) is 5.75 Å². The van der Waals surface area contributed by atoms with Crippen LogP contribution in [0.4, 0.5) is 8.78 Å². The molecule has 3 nitrogen and oxygen atoms in total. The third kappa shape index (κ3) is 5.36. The third-order valence-corrected chi connectivity index (χ3v) is 6.77. The average molecular weight is 464 g/mol. The number of ether oxygens (including phenoxy) is 1. The number of likely N-dealkylation sites (tertiary alicyclic amines) is 1. The second kappa shape index (κ2) is 10.5. The number of nitrogens with zero attached hydrogens (tertiary/aromatic N) is 1. The Morgan fingerprint density at radius 2 is 1.47 bits per heavy atom. The summed E-state index contributed by atoms with van der Waals surface area (Å²) in [6.07, 6.45) is 0.440. The zero-order valence-corrected chi connectivity index (χ0v) is 19.9. The highest BCUT2D eigenvalue weighted by Gasteiger charge is 2.35. The van der Waals surface area contributed by atoms with Crippen LogP contribution in [0.25, 0.3) is 0 Å². The van der Waals surface area contributed by atoms with E-state index >= 15 is 0 Å². The number of rotatable bonds is 7. The topological polar surface area (TPSA) is 29.5 Å². The molecule has 0 aromatic heterocycles. The van der Waals surface area contributed by atoms with Gasteiger partial charge in [0.15, 0.2) is 0 Å². The van der Waals surface area contributed by atoms with Crippen molar-refractivity contribution >= 4 is 5.78 Å². The van der Waals surface area contributed by atoms with Gasteiger partial charge in [-0.15, -0.1) is 0 Å². The summed E-state index contributed by atoms with van der Waals surface area (Å²) < 4.78 is 32.9. The maximum atomic E-state index is 13.7. The summed E-state index contributed by atoms with van der Waals surface area (Å²) in [6, 6.07) is 18.9. The molecule has 34 heavy (non-hydrogen) atoms. The number of methoxy groups -OCH3 is 1. The maximum absolute atomic E-state index is 13.7. The molecule has 1 aliphatic heterocycles. The van der Waals surface area contributed by atoms with E-state index in [1.54, 1.807) is 31.4 Å². The molecule has 0 N–H and O–H groups in total. The summed E-state index contributed by atoms with van der Waals surface area (Å²) in [5.74, 6) is 0.181. The maximum Gasteiger partial charge on any atom is 0.139 e. The van der Waals surface area contributed by atoms with Gasteiger partial charge in [-0.25, -0.2) is 8.78 Å². The van der Waals surface area contributed by atoms with Gasteiger partial charge < -0.3 is 4.74 Å². The molecule has 3 aromatic carbocycles. The number of carbonyl (C=O) groups excluding carboxylic acids is 1. The standard InChI is InChI=1S/C29H31F2NO2/c1-19(2)22-8-13-28(34-3)23(16-22)17-32-15-14-27(33)26(18-32)29(20-4-9-24(30)10-5-20)21-6-11-25(31)12-7-21/h4-13,16,19,26,29H,14-15,17-18H2,1-3H3. The molecule has 0 bridgehead atoms. The van der Waals surface area contributed by atoms with Crippen LogP contribution in [-0.4, -0.2) is 30.9 Å². The van der Waals surface area contributed by atoms with Crippen molar-refractivity contribution in [2.75, 3.05) is 20.2 Å². The first-order chi connectivity index (χ1) is 16.4. The van der Waals surface area contributed by atoms with E-state index in [1.807, 2.05) is 6.07 Å². The van der Waals surface area contributed by atoms with Gasteiger partial charge in [-0.05, 0) is 52.9 Å². The van der Waals surface area contributed by atoms with Crippen molar-refractivity contribution < 1.29 is 18.3 Å². The fraction of sp³-hybridized carbons (Fsp3) is 0.345. The van der Waals surface area contributed by atoms with E-state index in [2.05, 4.69) is 30.9 Å². The van der Waals surface area contributed by atoms with Crippen LogP contribution in [0.1, 0.15) is 54.4 Å². The van der Waals surface area contributed by atoms with E-state index in [-0.39, 0.29) is 29.3 Å². The molecule has 1 unspecified atom stereocenters. The Morgan fingerprint density at radius 3 is 2.00 bits per heavy atom. The summed E-state index contributed by atoms with van der Waals surface area (Å²) >= 11 is 0. The third-order valence-electron chi connectivity index (χ3n) is 6.77. The molecule has 178 valence electrons. The van der Waals surface area contributed by atoms with Gasteiger partial charge in [-0.3, -0.25) is 9.69 Å². The Labute approximate surface area is 200 Å². The van der Waals surface area contributed by atoms with Crippen molar-refractivity contribution in [2.45, 2.75) is 38.6 Å². The van der Waals surface area contributed by atoms with Crippen molar-refractivity contribution in [1.29, 1.82) is 0 Å². The van der Waals surface area contributed by atoms with Crippen molar-refractivity contribution in [3.63, 3.8) is 0 Å². The van der Waals surface area contributed by atoms with Gasteiger partial charge in [-0.1, -0.05) is 50.2 Å². The number of hydrogen-bond donors (Lipinski definition) is 0. The molecule has 1 heterocycles. The quantitative estimate of drug-likeness (QED) is 0.411. The molecule has 1 saturated heterocycles. The molecule has 4 rings (SSSR count). The fourth-order valence-electron chi connectivity index (χ4n) is 4.88. The second-order valence-electron chi connectivity index (χ2n) is 9.36. The first kappa shape index (κ1) is 24.1. The molecular formula is C29H31F2NO2. The number of Topliss-reactive ketones (excluding diaryl/α,β-unsaturated/α-hetero) is 1. The first-order valence-corrected chi connectivity index (χ1v) is 11.8. The Morgan fingerprint density at radius 1 is 0.912 bits per heavy atom. The lowest BCUT2D eigenvalue weighted by Gasteiger charge is -2.36. The Bertz CT molecular complexity index is 1080. The lowest BCUT2D eigenvalue weighted by molar-refractivity contribution is -0.126. The number of carbonyl (C=O) groups is 1. The van der Waals surface area contributed by atoms with Crippen molar-refractivity contribution in [2.24, 2.45) is 5.92 Å². The molecule has 0 amide bonds. The highest BCUT2D eigenvalue weighted by atomic mass is 19.1. The van der Waals surface area contributed by atoms with Crippen LogP contribution in [0.2, 0.25) is 0 Å². The summed E-state index contributed by atoms with van der Waals surface area (Å²) in [7, 11) is 1.68. The molecule has 1 aliphatic rings. The summed E-state index contributed by atoms with van der Waals surface area (Å²) in [4.78, 5) is 15.5. The molecule has 0 saturated carbocycles. The summed E-state index contributed by atoms with van der Waals surface area (Å²) in [5.41, 5.74) is 4.05. The molecule has 0 radical (unpaired) electrons. The van der Waals surface area contributed by atoms with Crippen LogP contribution < -0.4 is 4.74 Å². The summed E-state index contributed by atoms with van der Waals surface area (Å²) in [6.45, 7) is 6.23. The van der Waals surface area contributed by atoms with Crippen LogP contribution in [0, 0.1) is 17.6 Å². The van der Waals surface area contributed by atoms with Crippen LogP contribution >= 0.6 is 0 Å². The SMILES string of the molecule is COc1ccc(C(C)C)cc1CN1CCC(=O)C(C(c2ccc(F)cc2)c2ccc(F)cc2)C1. The number of benzene rings is 3. The number of ketones is 1. The number of halogens is 2. The minimum absolute atomic E-state index is 0.179. The van der Waals surface area contributed by atoms with Crippen LogP contribution in [0.3, 0.4) is 0 Å². The molecule has 1 fully saturated rings. The zero-order valence-electron chi connectivity index (χ0n) is 19.9. The van der Waals surface area contributed by atoms with Gasteiger partial charge >= 0.3 is 0 Å². The van der Waals surface area contributed by atoms with E-state index in [4.69, 9.17) is 4.74 Å². The largest absolute Gasteiger partial charge is 0.496 e.